The van der Waals surface area contributed by atoms with Crippen LogP contribution in [0.15, 0.2) is 42.5 Å². The van der Waals surface area contributed by atoms with E-state index in [0.717, 1.165) is 38.4 Å². The third kappa shape index (κ3) is 5.98. The molecule has 1 aliphatic rings. The molecule has 0 atom stereocenters. The summed E-state index contributed by atoms with van der Waals surface area (Å²) in [5.74, 6) is 0.189. The largest absolute Gasteiger partial charge is 0.489 e. The Morgan fingerprint density at radius 1 is 1.03 bits per heavy atom. The number of ether oxygens (including phenoxy) is 3. The number of halogens is 3. The summed E-state index contributed by atoms with van der Waals surface area (Å²) in [5, 5.41) is 0. The Kier molecular flexibility index (Phi) is 8.88. The Bertz CT molecular complexity index is 823. The summed E-state index contributed by atoms with van der Waals surface area (Å²) in [5.41, 5.74) is 0.932. The van der Waals surface area contributed by atoms with Gasteiger partial charge >= 0.3 is 5.97 Å². The van der Waals surface area contributed by atoms with Crippen LogP contribution < -0.4 is 4.74 Å². The quantitative estimate of drug-likeness (QED) is 0.143. The van der Waals surface area contributed by atoms with Crippen LogP contribution in [-0.4, -0.2) is 25.2 Å². The standard InChI is InChI=1S/C22H23ClI2O4/c23-15-27-11-12-28-20-18(13-17(24)14-19(20)25)21(26)29-22(9-5-2-6-10-22)16-7-3-1-4-8-16/h1,3-4,7-8,13-14H,2,5-6,9-12,15H2. The molecule has 1 fully saturated rings. The average Bonchev–Trinajstić information content (AvgIpc) is 2.73. The van der Waals surface area contributed by atoms with E-state index >= 15 is 0 Å². The number of esters is 1. The number of hydrogen-bond acceptors (Lipinski definition) is 4. The molecule has 0 radical (unpaired) electrons. The van der Waals surface area contributed by atoms with E-state index in [2.05, 4.69) is 57.3 Å². The summed E-state index contributed by atoms with van der Waals surface area (Å²) >= 11 is 9.94. The van der Waals surface area contributed by atoms with Gasteiger partial charge in [0.2, 0.25) is 0 Å². The molecular weight excluding hydrogens is 617 g/mol. The minimum Gasteiger partial charge on any atom is -0.489 e. The highest BCUT2D eigenvalue weighted by Crippen LogP contribution is 2.42. The lowest BCUT2D eigenvalue weighted by Crippen LogP contribution is -2.35. The van der Waals surface area contributed by atoms with E-state index in [1.54, 1.807) is 0 Å². The van der Waals surface area contributed by atoms with Crippen LogP contribution >= 0.6 is 56.8 Å². The monoisotopic (exact) mass is 640 g/mol. The molecule has 2 aromatic carbocycles. The Labute approximate surface area is 203 Å². The predicted octanol–water partition coefficient (Wildman–Crippen LogP) is 6.50. The summed E-state index contributed by atoms with van der Waals surface area (Å²) in [6.07, 6.45) is 4.94. The maximum Gasteiger partial charge on any atom is 0.342 e. The van der Waals surface area contributed by atoms with Gasteiger partial charge in [0.1, 0.15) is 29.6 Å². The molecule has 3 rings (SSSR count). The number of alkyl halides is 1. The lowest BCUT2D eigenvalue weighted by Gasteiger charge is -2.37. The highest BCUT2D eigenvalue weighted by atomic mass is 127. The van der Waals surface area contributed by atoms with E-state index in [0.29, 0.717) is 24.5 Å². The summed E-state index contributed by atoms with van der Waals surface area (Å²) in [6, 6.07) is 14.0. The molecule has 0 aliphatic heterocycles. The fourth-order valence-electron chi connectivity index (χ4n) is 3.66. The fourth-order valence-corrected chi connectivity index (χ4v) is 5.77. The smallest absolute Gasteiger partial charge is 0.342 e. The van der Waals surface area contributed by atoms with Crippen molar-refractivity contribution in [2.75, 3.05) is 19.3 Å². The molecule has 2 aromatic rings. The molecule has 4 nitrogen and oxygen atoms in total. The van der Waals surface area contributed by atoms with Crippen LogP contribution in [-0.2, 0) is 15.1 Å². The van der Waals surface area contributed by atoms with Gasteiger partial charge in [-0.15, -0.1) is 0 Å². The minimum absolute atomic E-state index is 0.113. The topological polar surface area (TPSA) is 44.8 Å². The van der Waals surface area contributed by atoms with E-state index in [4.69, 9.17) is 25.8 Å². The van der Waals surface area contributed by atoms with E-state index < -0.39 is 5.60 Å². The number of benzene rings is 2. The molecule has 156 valence electrons. The van der Waals surface area contributed by atoms with Crippen molar-refractivity contribution in [3.8, 4) is 5.75 Å². The van der Waals surface area contributed by atoms with E-state index in [1.807, 2.05) is 30.3 Å². The van der Waals surface area contributed by atoms with Crippen LogP contribution in [0.2, 0.25) is 0 Å². The molecule has 0 unspecified atom stereocenters. The first kappa shape index (κ1) is 23.1. The third-order valence-electron chi connectivity index (χ3n) is 5.03. The van der Waals surface area contributed by atoms with Crippen molar-refractivity contribution in [2.45, 2.75) is 37.7 Å². The van der Waals surface area contributed by atoms with Crippen LogP contribution in [0.5, 0.6) is 5.75 Å². The third-order valence-corrected chi connectivity index (χ3v) is 6.61. The maximum atomic E-state index is 13.3. The molecule has 0 aromatic heterocycles. The number of hydrogen-bond donors (Lipinski definition) is 0. The van der Waals surface area contributed by atoms with E-state index in [1.165, 1.54) is 6.42 Å². The maximum absolute atomic E-state index is 13.3. The lowest BCUT2D eigenvalue weighted by molar-refractivity contribution is -0.0419. The molecule has 29 heavy (non-hydrogen) atoms. The zero-order chi connectivity index (χ0) is 20.7. The minimum atomic E-state index is -0.581. The van der Waals surface area contributed by atoms with Gasteiger partial charge in [-0.3, -0.25) is 0 Å². The molecule has 0 spiro atoms. The first-order valence-corrected chi connectivity index (χ1v) is 12.3. The zero-order valence-corrected chi connectivity index (χ0v) is 21.0. The molecule has 1 saturated carbocycles. The van der Waals surface area contributed by atoms with Gasteiger partial charge in [0.05, 0.1) is 10.2 Å². The lowest BCUT2D eigenvalue weighted by atomic mass is 9.79. The Balaban J connectivity index is 1.88. The molecule has 0 N–H and O–H groups in total. The van der Waals surface area contributed by atoms with Gasteiger partial charge in [-0.05, 0) is 88.6 Å². The zero-order valence-electron chi connectivity index (χ0n) is 16.0. The fraction of sp³-hybridized carbons (Fsp3) is 0.409. The Morgan fingerprint density at radius 3 is 2.45 bits per heavy atom. The van der Waals surface area contributed by atoms with Crippen molar-refractivity contribution in [1.29, 1.82) is 0 Å². The average molecular weight is 641 g/mol. The van der Waals surface area contributed by atoms with Crippen LogP contribution in [0.4, 0.5) is 0 Å². The number of carbonyl (C=O) groups excluding carboxylic acids is 1. The van der Waals surface area contributed by atoms with E-state index in [-0.39, 0.29) is 12.0 Å². The van der Waals surface area contributed by atoms with Gasteiger partial charge in [0.15, 0.2) is 0 Å². The van der Waals surface area contributed by atoms with Crippen molar-refractivity contribution in [1.82, 2.24) is 0 Å². The van der Waals surface area contributed by atoms with Gasteiger partial charge in [0.25, 0.3) is 0 Å². The van der Waals surface area contributed by atoms with Crippen LogP contribution in [0.1, 0.15) is 48.0 Å². The summed E-state index contributed by atoms with van der Waals surface area (Å²) in [6.45, 7) is 0.668. The van der Waals surface area contributed by atoms with Gasteiger partial charge in [0, 0.05) is 3.57 Å². The van der Waals surface area contributed by atoms with Crippen LogP contribution in [0, 0.1) is 7.14 Å². The normalized spacial score (nSPS) is 15.7. The van der Waals surface area contributed by atoms with Gasteiger partial charge in [-0.2, -0.15) is 0 Å². The molecule has 0 heterocycles. The Morgan fingerprint density at radius 2 is 1.76 bits per heavy atom. The molecule has 0 amide bonds. The van der Waals surface area contributed by atoms with Crippen molar-refractivity contribution in [3.05, 3.63) is 60.7 Å². The van der Waals surface area contributed by atoms with Crippen molar-refractivity contribution < 1.29 is 19.0 Å². The summed E-state index contributed by atoms with van der Waals surface area (Å²) in [4.78, 5) is 13.3. The SMILES string of the molecule is O=C(OC1(c2ccccc2)CCCCC1)c1cc(I)cc(I)c1OCCOCCl. The first-order chi connectivity index (χ1) is 14.1. The molecule has 0 bridgehead atoms. The first-order valence-electron chi connectivity index (χ1n) is 9.60. The van der Waals surface area contributed by atoms with Gasteiger partial charge < -0.3 is 14.2 Å². The van der Waals surface area contributed by atoms with Crippen LogP contribution in [0.25, 0.3) is 0 Å². The van der Waals surface area contributed by atoms with Crippen molar-refractivity contribution >= 4 is 62.8 Å². The molecular formula is C22H23ClI2O4. The van der Waals surface area contributed by atoms with Gasteiger partial charge in [-0.25, -0.2) is 4.79 Å². The van der Waals surface area contributed by atoms with E-state index in [9.17, 15) is 4.79 Å². The summed E-state index contributed by atoms with van der Waals surface area (Å²) in [7, 11) is 0. The van der Waals surface area contributed by atoms with Crippen molar-refractivity contribution in [3.63, 3.8) is 0 Å². The summed E-state index contributed by atoms with van der Waals surface area (Å²) < 4.78 is 19.1. The Hall–Kier alpha value is -0.580. The number of carbonyl (C=O) groups is 1. The van der Waals surface area contributed by atoms with Gasteiger partial charge in [-0.1, -0.05) is 48.4 Å². The molecule has 1 aliphatic carbocycles. The van der Waals surface area contributed by atoms with Crippen LogP contribution in [0.3, 0.4) is 0 Å². The highest BCUT2D eigenvalue weighted by Gasteiger charge is 2.38. The predicted molar refractivity (Wildman–Crippen MR) is 131 cm³/mol. The molecule has 0 saturated heterocycles. The number of rotatable bonds is 8. The highest BCUT2D eigenvalue weighted by molar-refractivity contribution is 14.1. The molecule has 7 heteroatoms. The second kappa shape index (κ2) is 11.2. The van der Waals surface area contributed by atoms with Crippen molar-refractivity contribution in [2.24, 2.45) is 0 Å². The second-order valence-corrected chi connectivity index (χ2v) is 9.57. The second-order valence-electron chi connectivity index (χ2n) is 6.94.